The Morgan fingerprint density at radius 2 is 2.04 bits per heavy atom. The van der Waals surface area contributed by atoms with Crippen molar-refractivity contribution in [2.45, 2.75) is 38.3 Å². The van der Waals surface area contributed by atoms with Crippen LogP contribution in [0.5, 0.6) is 0 Å². The van der Waals surface area contributed by atoms with E-state index in [1.54, 1.807) is 4.90 Å². The molecule has 2 aromatic rings. The fraction of sp³-hybridized carbons (Fsp3) is 0.500. The van der Waals surface area contributed by atoms with Crippen LogP contribution in [0.15, 0.2) is 17.1 Å². The number of hydrogen-bond donors (Lipinski definition) is 2. The summed E-state index contributed by atoms with van der Waals surface area (Å²) >= 11 is 0. The minimum Gasteiger partial charge on any atom is -0.477 e. The Labute approximate surface area is 160 Å². The number of pyridine rings is 1. The van der Waals surface area contributed by atoms with E-state index < -0.39 is 28.6 Å². The highest BCUT2D eigenvalue weighted by Crippen LogP contribution is 2.40. The average Bonchev–Trinajstić information content (AvgIpc) is 3.39. The lowest BCUT2D eigenvalue weighted by atomic mass is 10.0. The molecule has 1 saturated heterocycles. The topological polar surface area (TPSA) is 74.6 Å². The van der Waals surface area contributed by atoms with Crippen LogP contribution >= 0.6 is 0 Å². The fourth-order valence-electron chi connectivity index (χ4n) is 4.15. The molecule has 2 atom stereocenters. The zero-order valence-electron chi connectivity index (χ0n) is 15.8. The standard InChI is InChI=1S/C20H23F2N3O3/c1-10(23-2)11-5-6-24(8-11)18-15(21)7-13-17(16(18)22)25(12-3-4-12)9-14(19(13)26)20(27)28/h7,9-12,23H,3-6,8H2,1-2H3,(H,27,28). The van der Waals surface area contributed by atoms with E-state index in [9.17, 15) is 19.1 Å². The molecule has 1 aromatic carbocycles. The van der Waals surface area contributed by atoms with Crippen molar-refractivity contribution in [3.8, 4) is 0 Å². The van der Waals surface area contributed by atoms with Crippen LogP contribution in [0.4, 0.5) is 14.5 Å². The summed E-state index contributed by atoms with van der Waals surface area (Å²) in [5, 5.41) is 12.3. The number of aromatic nitrogens is 1. The molecule has 2 unspecified atom stereocenters. The lowest BCUT2D eigenvalue weighted by Gasteiger charge is -2.24. The Balaban J connectivity index is 1.89. The first kappa shape index (κ1) is 18.9. The summed E-state index contributed by atoms with van der Waals surface area (Å²) in [5.74, 6) is -2.74. The van der Waals surface area contributed by atoms with Gasteiger partial charge in [-0.2, -0.15) is 0 Å². The van der Waals surface area contributed by atoms with Gasteiger partial charge >= 0.3 is 5.97 Å². The summed E-state index contributed by atoms with van der Waals surface area (Å²) in [7, 11) is 1.86. The largest absolute Gasteiger partial charge is 0.477 e. The smallest absolute Gasteiger partial charge is 0.341 e. The van der Waals surface area contributed by atoms with Gasteiger partial charge in [-0.25, -0.2) is 13.6 Å². The van der Waals surface area contributed by atoms with Gasteiger partial charge in [-0.05, 0) is 45.2 Å². The highest BCUT2D eigenvalue weighted by atomic mass is 19.1. The number of nitrogens with one attached hydrogen (secondary N) is 1. The summed E-state index contributed by atoms with van der Waals surface area (Å²) < 4.78 is 32.0. The number of fused-ring (bicyclic) bond motifs is 1. The number of carboxylic acid groups (broad SMARTS) is 1. The number of aromatic carboxylic acids is 1. The van der Waals surface area contributed by atoms with E-state index in [2.05, 4.69) is 5.32 Å². The second-order valence-corrected chi connectivity index (χ2v) is 7.80. The maximum atomic E-state index is 15.5. The van der Waals surface area contributed by atoms with Crippen LogP contribution in [0.25, 0.3) is 10.9 Å². The molecule has 8 heteroatoms. The van der Waals surface area contributed by atoms with Gasteiger partial charge in [0.2, 0.25) is 5.43 Å². The van der Waals surface area contributed by atoms with Gasteiger partial charge in [-0.3, -0.25) is 4.79 Å². The van der Waals surface area contributed by atoms with Crippen LogP contribution in [0.2, 0.25) is 0 Å². The Hall–Kier alpha value is -2.48. The summed E-state index contributed by atoms with van der Waals surface area (Å²) in [4.78, 5) is 25.6. The SMILES string of the molecule is CNC(C)C1CCN(c2c(F)cc3c(=O)c(C(=O)O)cn(C4CC4)c3c2F)C1. The van der Waals surface area contributed by atoms with Gasteiger partial charge < -0.3 is 19.9 Å². The third kappa shape index (κ3) is 2.96. The predicted molar refractivity (Wildman–Crippen MR) is 102 cm³/mol. The number of halogens is 2. The molecule has 0 amide bonds. The number of carboxylic acids is 1. The highest BCUT2D eigenvalue weighted by Gasteiger charge is 2.33. The Bertz CT molecular complexity index is 1020. The fourth-order valence-corrected chi connectivity index (χ4v) is 4.15. The summed E-state index contributed by atoms with van der Waals surface area (Å²) in [6.07, 6.45) is 3.56. The molecule has 4 rings (SSSR count). The molecule has 0 bridgehead atoms. The van der Waals surface area contributed by atoms with Crippen LogP contribution in [0.1, 0.15) is 42.6 Å². The number of anilines is 1. The van der Waals surface area contributed by atoms with Gasteiger partial charge in [0, 0.05) is 31.4 Å². The quantitative estimate of drug-likeness (QED) is 0.820. The maximum Gasteiger partial charge on any atom is 0.341 e. The molecule has 2 heterocycles. The van der Waals surface area contributed by atoms with Crippen molar-refractivity contribution in [1.82, 2.24) is 9.88 Å². The maximum absolute atomic E-state index is 15.5. The van der Waals surface area contributed by atoms with Crippen molar-refractivity contribution in [2.24, 2.45) is 5.92 Å². The molecular weight excluding hydrogens is 368 g/mol. The summed E-state index contributed by atoms with van der Waals surface area (Å²) in [5.41, 5.74) is -1.45. The second kappa shape index (κ2) is 6.84. The van der Waals surface area contributed by atoms with Gasteiger partial charge in [0.15, 0.2) is 5.82 Å². The average molecular weight is 391 g/mol. The Morgan fingerprint density at radius 3 is 2.64 bits per heavy atom. The third-order valence-corrected chi connectivity index (χ3v) is 6.06. The molecule has 28 heavy (non-hydrogen) atoms. The molecule has 2 N–H and O–H groups in total. The minimum atomic E-state index is -1.39. The van der Waals surface area contributed by atoms with E-state index in [-0.39, 0.29) is 34.6 Å². The number of nitrogens with zero attached hydrogens (tertiary/aromatic N) is 2. The number of hydrogen-bond acceptors (Lipinski definition) is 4. The highest BCUT2D eigenvalue weighted by molar-refractivity contribution is 5.94. The second-order valence-electron chi connectivity index (χ2n) is 7.80. The van der Waals surface area contributed by atoms with Gasteiger partial charge in [-0.15, -0.1) is 0 Å². The van der Waals surface area contributed by atoms with Crippen molar-refractivity contribution in [3.05, 3.63) is 39.7 Å². The van der Waals surface area contributed by atoms with E-state index in [1.165, 1.54) is 10.8 Å². The lowest BCUT2D eigenvalue weighted by Crippen LogP contribution is -2.33. The Morgan fingerprint density at radius 1 is 1.32 bits per heavy atom. The van der Waals surface area contributed by atoms with Crippen molar-refractivity contribution in [2.75, 3.05) is 25.0 Å². The molecule has 1 aromatic heterocycles. The van der Waals surface area contributed by atoms with E-state index in [1.807, 2.05) is 14.0 Å². The third-order valence-electron chi connectivity index (χ3n) is 6.06. The van der Waals surface area contributed by atoms with Crippen LogP contribution in [0, 0.1) is 17.6 Å². The first-order chi connectivity index (χ1) is 13.3. The van der Waals surface area contributed by atoms with Crippen molar-refractivity contribution < 1.29 is 18.7 Å². The van der Waals surface area contributed by atoms with E-state index in [4.69, 9.17) is 0 Å². The van der Waals surface area contributed by atoms with E-state index in [0.717, 1.165) is 25.3 Å². The van der Waals surface area contributed by atoms with Crippen molar-refractivity contribution >= 4 is 22.6 Å². The van der Waals surface area contributed by atoms with Gasteiger partial charge in [0.1, 0.15) is 17.1 Å². The molecule has 1 aliphatic carbocycles. The van der Waals surface area contributed by atoms with Crippen LogP contribution in [0.3, 0.4) is 0 Å². The number of rotatable bonds is 5. The summed E-state index contributed by atoms with van der Waals surface area (Å²) in [6, 6.07) is 1.15. The van der Waals surface area contributed by atoms with E-state index in [0.29, 0.717) is 13.1 Å². The normalized spacial score (nSPS) is 20.7. The van der Waals surface area contributed by atoms with Crippen molar-refractivity contribution in [3.63, 3.8) is 0 Å². The molecule has 0 radical (unpaired) electrons. The molecule has 150 valence electrons. The van der Waals surface area contributed by atoms with Gasteiger partial charge in [-0.1, -0.05) is 0 Å². The monoisotopic (exact) mass is 391 g/mol. The zero-order valence-corrected chi connectivity index (χ0v) is 15.8. The molecular formula is C20H23F2N3O3. The van der Waals surface area contributed by atoms with Gasteiger partial charge in [0.05, 0.1) is 10.9 Å². The minimum absolute atomic E-state index is 0.000912. The molecule has 2 aliphatic rings. The number of benzene rings is 1. The molecule has 1 aliphatic heterocycles. The van der Waals surface area contributed by atoms with Crippen LogP contribution < -0.4 is 15.6 Å². The predicted octanol–water partition coefficient (Wildman–Crippen LogP) is 2.75. The molecule has 6 nitrogen and oxygen atoms in total. The molecule has 2 fully saturated rings. The van der Waals surface area contributed by atoms with Gasteiger partial charge in [0.25, 0.3) is 0 Å². The van der Waals surface area contributed by atoms with E-state index >= 15 is 4.39 Å². The molecule has 1 saturated carbocycles. The summed E-state index contributed by atoms with van der Waals surface area (Å²) in [6.45, 7) is 3.08. The van der Waals surface area contributed by atoms with Crippen LogP contribution in [-0.2, 0) is 0 Å². The molecule has 0 spiro atoms. The number of carbonyl (C=O) groups is 1. The first-order valence-electron chi connectivity index (χ1n) is 9.55. The van der Waals surface area contributed by atoms with Crippen molar-refractivity contribution in [1.29, 1.82) is 0 Å². The van der Waals surface area contributed by atoms with Crippen LogP contribution in [-0.4, -0.2) is 41.8 Å². The zero-order chi connectivity index (χ0) is 20.2. The lowest BCUT2D eigenvalue weighted by molar-refractivity contribution is 0.0695. The first-order valence-corrected chi connectivity index (χ1v) is 9.55. The Kier molecular flexibility index (Phi) is 4.61.